The Hall–Kier alpha value is -4.06. The van der Waals surface area contributed by atoms with Crippen LogP contribution in [0.5, 0.6) is 11.8 Å². The predicted octanol–water partition coefficient (Wildman–Crippen LogP) is 5.67. The van der Waals surface area contributed by atoms with Gasteiger partial charge in [-0.2, -0.15) is 15.2 Å². The van der Waals surface area contributed by atoms with E-state index in [1.54, 1.807) is 16.8 Å². The van der Waals surface area contributed by atoms with Crippen molar-refractivity contribution in [1.29, 1.82) is 5.26 Å². The van der Waals surface area contributed by atoms with Gasteiger partial charge in [0.15, 0.2) is 11.6 Å². The Labute approximate surface area is 282 Å². The van der Waals surface area contributed by atoms with Crippen molar-refractivity contribution in [2.75, 3.05) is 57.1 Å². The second kappa shape index (κ2) is 11.5. The third-order valence-corrected chi connectivity index (χ3v) is 11.6. The highest BCUT2D eigenvalue weighted by molar-refractivity contribution is 7.23. The summed E-state index contributed by atoms with van der Waals surface area (Å²) in [5.41, 5.74) is 5.37. The van der Waals surface area contributed by atoms with Crippen molar-refractivity contribution in [3.8, 4) is 29.0 Å². The number of nitrogens with zero attached hydrogens (tertiary/aromatic N) is 6. The predicted molar refractivity (Wildman–Crippen MR) is 176 cm³/mol. The summed E-state index contributed by atoms with van der Waals surface area (Å²) in [4.78, 5) is 28.6. The summed E-state index contributed by atoms with van der Waals surface area (Å²) in [7, 11) is 1.73. The van der Waals surface area contributed by atoms with Crippen LogP contribution in [0.2, 0.25) is 5.02 Å². The number of ether oxygens (including phenoxy) is 2. The van der Waals surface area contributed by atoms with Crippen molar-refractivity contribution in [2.24, 2.45) is 0 Å². The molecule has 0 aliphatic carbocycles. The summed E-state index contributed by atoms with van der Waals surface area (Å²) in [5, 5.41) is 10.2. The van der Waals surface area contributed by atoms with E-state index in [9.17, 15) is 14.4 Å². The average molecular weight is 698 g/mol. The average Bonchev–Trinajstić information content (AvgIpc) is 3.67. The first kappa shape index (κ1) is 31.2. The third-order valence-electron chi connectivity index (χ3n) is 10.2. The summed E-state index contributed by atoms with van der Waals surface area (Å²) >= 11 is 7.91. The SMILES string of the molecule is CN1CCCCN2c3nc(OC[C@@]45CCCN4C[C@H](F)C5)nc4c(F)c(-c5ccc(F)c6sc(N)c(C#N)c56)c(Cl)c(c34)OCC2C1=O. The van der Waals surface area contributed by atoms with Gasteiger partial charge in [0.1, 0.15) is 53.6 Å². The highest BCUT2D eigenvalue weighted by Gasteiger charge is 2.49. The number of thiophene rings is 1. The minimum Gasteiger partial charge on any atom is -0.488 e. The van der Waals surface area contributed by atoms with Gasteiger partial charge in [0.25, 0.3) is 0 Å². The van der Waals surface area contributed by atoms with Crippen LogP contribution in [0.1, 0.15) is 37.7 Å². The Kier molecular flexibility index (Phi) is 7.50. The Morgan fingerprint density at radius 1 is 1.21 bits per heavy atom. The Morgan fingerprint density at radius 2 is 2.02 bits per heavy atom. The van der Waals surface area contributed by atoms with Crippen molar-refractivity contribution < 1.29 is 27.4 Å². The zero-order chi connectivity index (χ0) is 33.5. The number of halogens is 4. The van der Waals surface area contributed by atoms with Gasteiger partial charge in [-0.25, -0.2) is 13.2 Å². The van der Waals surface area contributed by atoms with E-state index in [4.69, 9.17) is 31.8 Å². The summed E-state index contributed by atoms with van der Waals surface area (Å²) in [6, 6.07) is 3.59. The first-order valence-electron chi connectivity index (χ1n) is 15.9. The molecule has 4 aliphatic rings. The van der Waals surface area contributed by atoms with Crippen LogP contribution in [0.15, 0.2) is 12.1 Å². The van der Waals surface area contributed by atoms with Crippen LogP contribution >= 0.6 is 22.9 Å². The molecule has 0 spiro atoms. The molecule has 2 aromatic heterocycles. The van der Waals surface area contributed by atoms with Crippen molar-refractivity contribution in [2.45, 2.75) is 49.9 Å². The van der Waals surface area contributed by atoms with E-state index in [0.29, 0.717) is 26.1 Å². The molecule has 48 heavy (non-hydrogen) atoms. The Bertz CT molecular complexity index is 2060. The number of nitriles is 1. The van der Waals surface area contributed by atoms with Crippen molar-refractivity contribution in [1.82, 2.24) is 19.8 Å². The quantitative estimate of drug-likeness (QED) is 0.288. The molecule has 3 fully saturated rings. The summed E-state index contributed by atoms with van der Waals surface area (Å²) in [6.45, 7) is 2.09. The highest BCUT2D eigenvalue weighted by Crippen LogP contribution is 2.51. The van der Waals surface area contributed by atoms with Gasteiger partial charge in [-0.05, 0) is 43.9 Å². The maximum absolute atomic E-state index is 17.2. The lowest BCUT2D eigenvalue weighted by Crippen LogP contribution is -2.52. The standard InChI is InChI=1S/C33H31ClF3N7O3S/c1-42-8-2-3-10-44-20(31(42)45)14-46-27-23-26(40-32(41-30(23)44)47-15-33-7-4-9-43(33)13-16(35)11-33)25(37)22(24(27)34)17-5-6-19(36)28-21(17)18(12-38)29(39)48-28/h5-6,16,20H,2-4,7-11,13-15,39H2,1H3/t16-,20?,33+/m1/s1. The monoisotopic (exact) mass is 697 g/mol. The minimum atomic E-state index is -0.972. The number of fused-ring (bicyclic) bond motifs is 4. The number of carbonyl (C=O) groups is 1. The second-order valence-electron chi connectivity index (χ2n) is 13.0. The van der Waals surface area contributed by atoms with Gasteiger partial charge in [-0.15, -0.1) is 11.3 Å². The highest BCUT2D eigenvalue weighted by atomic mass is 35.5. The maximum Gasteiger partial charge on any atom is 0.319 e. The number of rotatable bonds is 4. The molecule has 0 saturated carbocycles. The van der Waals surface area contributed by atoms with Gasteiger partial charge in [0.05, 0.1) is 26.2 Å². The number of aromatic nitrogens is 2. The molecule has 3 atom stereocenters. The number of benzene rings is 2. The Balaban J connectivity index is 1.36. The summed E-state index contributed by atoms with van der Waals surface area (Å²) in [6.07, 6.45) is 2.48. The normalized spacial score (nSPS) is 24.2. The molecule has 3 saturated heterocycles. The lowest BCUT2D eigenvalue weighted by molar-refractivity contribution is -0.132. The fourth-order valence-corrected chi connectivity index (χ4v) is 9.18. The lowest BCUT2D eigenvalue weighted by atomic mass is 9.95. The third kappa shape index (κ3) is 4.65. The Morgan fingerprint density at radius 3 is 2.83 bits per heavy atom. The van der Waals surface area contributed by atoms with Gasteiger partial charge in [0.2, 0.25) is 5.91 Å². The number of alkyl halides is 1. The first-order chi connectivity index (χ1) is 23.1. The molecule has 1 amide bonds. The van der Waals surface area contributed by atoms with Gasteiger partial charge >= 0.3 is 6.01 Å². The molecule has 6 heterocycles. The zero-order valence-electron chi connectivity index (χ0n) is 26.0. The fraction of sp³-hybridized carbons (Fsp3) is 0.455. The topological polar surface area (TPSA) is 121 Å². The van der Waals surface area contributed by atoms with E-state index in [1.807, 2.05) is 6.07 Å². The molecule has 8 rings (SSSR count). The number of likely N-dealkylation sites (N-methyl/N-ethyl adjacent to an activating group) is 1. The molecular formula is C33H31ClF3N7O3S. The molecule has 4 aliphatic heterocycles. The van der Waals surface area contributed by atoms with E-state index >= 15 is 8.78 Å². The number of hydrogen-bond acceptors (Lipinski definition) is 10. The van der Waals surface area contributed by atoms with Crippen molar-refractivity contribution in [3.05, 3.63) is 34.4 Å². The van der Waals surface area contributed by atoms with E-state index < -0.39 is 29.4 Å². The minimum absolute atomic E-state index is 0.000571. The molecule has 1 unspecified atom stereocenters. The number of nitrogens with two attached hydrogens (primary N) is 1. The number of anilines is 2. The molecule has 0 bridgehead atoms. The van der Waals surface area contributed by atoms with Crippen LogP contribution < -0.4 is 20.1 Å². The second-order valence-corrected chi connectivity index (χ2v) is 14.4. The molecule has 0 radical (unpaired) electrons. The fourth-order valence-electron chi connectivity index (χ4n) is 7.90. The van der Waals surface area contributed by atoms with Crippen molar-refractivity contribution >= 4 is 60.7 Å². The van der Waals surface area contributed by atoms with Gasteiger partial charge in [-0.3, -0.25) is 9.69 Å². The van der Waals surface area contributed by atoms with Crippen LogP contribution in [-0.4, -0.2) is 89.9 Å². The zero-order valence-corrected chi connectivity index (χ0v) is 27.6. The number of amides is 1. The van der Waals surface area contributed by atoms with Gasteiger partial charge in [0, 0.05) is 44.1 Å². The number of hydrogen-bond donors (Lipinski definition) is 1. The molecule has 15 heteroatoms. The largest absolute Gasteiger partial charge is 0.488 e. The molecule has 10 nitrogen and oxygen atoms in total. The number of carbonyl (C=O) groups excluding carboxylic acids is 1. The molecular weight excluding hydrogens is 667 g/mol. The summed E-state index contributed by atoms with van der Waals surface area (Å²) < 4.78 is 59.4. The van der Waals surface area contributed by atoms with E-state index in [-0.39, 0.29) is 84.4 Å². The van der Waals surface area contributed by atoms with Crippen LogP contribution in [0.3, 0.4) is 0 Å². The molecule has 2 aromatic carbocycles. The van der Waals surface area contributed by atoms with Crippen molar-refractivity contribution in [3.63, 3.8) is 0 Å². The smallest absolute Gasteiger partial charge is 0.319 e. The van der Waals surface area contributed by atoms with Crippen LogP contribution in [-0.2, 0) is 4.79 Å². The van der Waals surface area contributed by atoms with E-state index in [0.717, 1.165) is 43.6 Å². The van der Waals surface area contributed by atoms with Gasteiger partial charge < -0.3 is 25.0 Å². The lowest BCUT2D eigenvalue weighted by Gasteiger charge is -2.35. The van der Waals surface area contributed by atoms with Gasteiger partial charge in [-0.1, -0.05) is 17.7 Å². The molecule has 250 valence electrons. The summed E-state index contributed by atoms with van der Waals surface area (Å²) in [5.74, 6) is -1.38. The first-order valence-corrected chi connectivity index (χ1v) is 17.1. The van der Waals surface area contributed by atoms with E-state index in [1.165, 1.54) is 12.1 Å². The number of nitrogen functional groups attached to an aromatic ring is 1. The molecule has 4 aromatic rings. The molecule has 2 N–H and O–H groups in total. The van der Waals surface area contributed by atoms with E-state index in [2.05, 4.69) is 9.88 Å². The van der Waals surface area contributed by atoms with Crippen LogP contribution in [0.25, 0.3) is 32.1 Å². The maximum atomic E-state index is 17.2. The van der Waals surface area contributed by atoms with Crippen LogP contribution in [0, 0.1) is 23.0 Å². The van der Waals surface area contributed by atoms with Crippen LogP contribution in [0.4, 0.5) is 24.0 Å².